The molecule has 90 valence electrons. The van der Waals surface area contributed by atoms with Gasteiger partial charge in [-0.1, -0.05) is 32.0 Å². The summed E-state index contributed by atoms with van der Waals surface area (Å²) in [4.78, 5) is 4.74. The van der Waals surface area contributed by atoms with Gasteiger partial charge in [-0.3, -0.25) is 0 Å². The molecule has 0 fully saturated rings. The van der Waals surface area contributed by atoms with Crippen LogP contribution in [0.5, 0.6) is 0 Å². The Morgan fingerprint density at radius 3 is 2.65 bits per heavy atom. The third-order valence-electron chi connectivity index (χ3n) is 2.83. The summed E-state index contributed by atoms with van der Waals surface area (Å²) in [5.41, 5.74) is 2.01. The Morgan fingerprint density at radius 2 is 2.00 bits per heavy atom. The normalized spacial score (nSPS) is 11.7. The standard InChI is InChI=1S/C13H17N3O/c1-13(2,10-17-14)11-8-15-16(9-11)12-6-4-3-5-7-12/h3-9H,10,14H2,1-2H3. The number of rotatable bonds is 4. The second kappa shape index (κ2) is 4.69. The largest absolute Gasteiger partial charge is 0.304 e. The molecule has 0 unspecified atom stereocenters. The molecular formula is C13H17N3O. The van der Waals surface area contributed by atoms with Crippen LogP contribution in [0.25, 0.3) is 5.69 Å². The Morgan fingerprint density at radius 1 is 1.29 bits per heavy atom. The highest BCUT2D eigenvalue weighted by Gasteiger charge is 2.22. The van der Waals surface area contributed by atoms with Crippen molar-refractivity contribution in [2.75, 3.05) is 6.61 Å². The summed E-state index contributed by atoms with van der Waals surface area (Å²) >= 11 is 0. The molecule has 2 aromatic rings. The van der Waals surface area contributed by atoms with E-state index in [4.69, 9.17) is 10.7 Å². The molecule has 0 atom stereocenters. The minimum absolute atomic E-state index is 0.137. The van der Waals surface area contributed by atoms with Crippen molar-refractivity contribution in [3.05, 3.63) is 48.3 Å². The summed E-state index contributed by atoms with van der Waals surface area (Å²) in [6.45, 7) is 4.62. The average Bonchev–Trinajstić information content (AvgIpc) is 2.80. The summed E-state index contributed by atoms with van der Waals surface area (Å²) < 4.78 is 1.85. The second-order valence-corrected chi connectivity index (χ2v) is 4.70. The maximum atomic E-state index is 5.14. The van der Waals surface area contributed by atoms with Gasteiger partial charge in [0.05, 0.1) is 18.5 Å². The Bertz CT molecular complexity index is 476. The summed E-state index contributed by atoms with van der Waals surface area (Å²) in [6, 6.07) is 10.0. The van der Waals surface area contributed by atoms with Crippen molar-refractivity contribution in [1.29, 1.82) is 0 Å². The fourth-order valence-electron chi connectivity index (χ4n) is 1.69. The first kappa shape index (κ1) is 11.8. The number of hydrogen-bond donors (Lipinski definition) is 1. The van der Waals surface area contributed by atoms with Gasteiger partial charge in [0.1, 0.15) is 0 Å². The molecule has 0 amide bonds. The molecule has 0 saturated heterocycles. The van der Waals surface area contributed by atoms with Gasteiger partial charge in [-0.25, -0.2) is 10.6 Å². The zero-order valence-electron chi connectivity index (χ0n) is 10.1. The van der Waals surface area contributed by atoms with Crippen LogP contribution in [0.4, 0.5) is 0 Å². The van der Waals surface area contributed by atoms with Crippen molar-refractivity contribution in [1.82, 2.24) is 9.78 Å². The van der Waals surface area contributed by atoms with Gasteiger partial charge in [0.2, 0.25) is 0 Å². The Hall–Kier alpha value is -1.65. The summed E-state index contributed by atoms with van der Waals surface area (Å²) in [6.07, 6.45) is 3.86. The molecule has 2 rings (SSSR count). The molecule has 17 heavy (non-hydrogen) atoms. The maximum Gasteiger partial charge on any atom is 0.0771 e. The highest BCUT2D eigenvalue weighted by Crippen LogP contribution is 2.23. The van der Waals surface area contributed by atoms with E-state index in [0.29, 0.717) is 6.61 Å². The lowest BCUT2D eigenvalue weighted by Gasteiger charge is -2.20. The van der Waals surface area contributed by atoms with E-state index in [1.165, 1.54) is 0 Å². The highest BCUT2D eigenvalue weighted by molar-refractivity contribution is 5.32. The van der Waals surface area contributed by atoms with Gasteiger partial charge in [0.25, 0.3) is 0 Å². The van der Waals surface area contributed by atoms with Crippen molar-refractivity contribution in [2.45, 2.75) is 19.3 Å². The number of hydrogen-bond acceptors (Lipinski definition) is 3. The zero-order chi connectivity index (χ0) is 12.3. The van der Waals surface area contributed by atoms with Crippen LogP contribution in [0.2, 0.25) is 0 Å². The average molecular weight is 231 g/mol. The van der Waals surface area contributed by atoms with E-state index < -0.39 is 0 Å². The summed E-state index contributed by atoms with van der Waals surface area (Å²) in [5, 5.41) is 4.36. The van der Waals surface area contributed by atoms with Crippen LogP contribution in [0.15, 0.2) is 42.7 Å². The third kappa shape index (κ3) is 2.54. The summed E-state index contributed by atoms with van der Waals surface area (Å²) in [5.74, 6) is 5.14. The minimum Gasteiger partial charge on any atom is -0.304 e. The molecule has 0 radical (unpaired) electrons. The molecule has 4 heteroatoms. The van der Waals surface area contributed by atoms with Crippen molar-refractivity contribution >= 4 is 0 Å². The van der Waals surface area contributed by atoms with Gasteiger partial charge in [0.15, 0.2) is 0 Å². The number of aromatic nitrogens is 2. The van der Waals surface area contributed by atoms with E-state index in [-0.39, 0.29) is 5.41 Å². The third-order valence-corrected chi connectivity index (χ3v) is 2.83. The molecule has 1 aromatic carbocycles. The van der Waals surface area contributed by atoms with Crippen LogP contribution in [0, 0.1) is 0 Å². The summed E-state index contributed by atoms with van der Waals surface area (Å²) in [7, 11) is 0. The van der Waals surface area contributed by atoms with Gasteiger partial charge < -0.3 is 4.84 Å². The highest BCUT2D eigenvalue weighted by atomic mass is 16.6. The predicted molar refractivity (Wildman–Crippen MR) is 66.7 cm³/mol. The van der Waals surface area contributed by atoms with Crippen LogP contribution in [0.1, 0.15) is 19.4 Å². The number of para-hydroxylation sites is 1. The molecule has 4 nitrogen and oxygen atoms in total. The van der Waals surface area contributed by atoms with Crippen molar-refractivity contribution in [3.8, 4) is 5.69 Å². The molecule has 2 N–H and O–H groups in total. The molecular weight excluding hydrogens is 214 g/mol. The maximum absolute atomic E-state index is 5.14. The van der Waals surface area contributed by atoms with Crippen molar-refractivity contribution in [2.24, 2.45) is 5.90 Å². The lowest BCUT2D eigenvalue weighted by atomic mass is 9.88. The fourth-order valence-corrected chi connectivity index (χ4v) is 1.69. The molecule has 0 bridgehead atoms. The first-order chi connectivity index (χ1) is 8.13. The smallest absolute Gasteiger partial charge is 0.0771 e. The quantitative estimate of drug-likeness (QED) is 0.819. The SMILES string of the molecule is CC(C)(CON)c1cnn(-c2ccccc2)c1. The van der Waals surface area contributed by atoms with Gasteiger partial charge in [0, 0.05) is 11.6 Å². The van der Waals surface area contributed by atoms with Gasteiger partial charge in [-0.05, 0) is 17.7 Å². The Kier molecular flexibility index (Phi) is 3.26. The topological polar surface area (TPSA) is 53.1 Å². The van der Waals surface area contributed by atoms with Gasteiger partial charge >= 0.3 is 0 Å². The molecule has 0 aliphatic carbocycles. The van der Waals surface area contributed by atoms with Crippen LogP contribution < -0.4 is 5.90 Å². The molecule has 0 aliphatic heterocycles. The van der Waals surface area contributed by atoms with Gasteiger partial charge in [-0.15, -0.1) is 0 Å². The van der Waals surface area contributed by atoms with E-state index in [1.807, 2.05) is 47.4 Å². The monoisotopic (exact) mass is 231 g/mol. The van der Waals surface area contributed by atoms with Crippen LogP contribution in [-0.4, -0.2) is 16.4 Å². The van der Waals surface area contributed by atoms with Crippen molar-refractivity contribution in [3.63, 3.8) is 0 Å². The first-order valence-corrected chi connectivity index (χ1v) is 5.56. The number of benzene rings is 1. The Labute approximate surface area is 101 Å². The Balaban J connectivity index is 2.28. The fraction of sp³-hybridized carbons (Fsp3) is 0.308. The molecule has 0 spiro atoms. The van der Waals surface area contributed by atoms with Crippen molar-refractivity contribution < 1.29 is 4.84 Å². The molecule has 1 aromatic heterocycles. The van der Waals surface area contributed by atoms with E-state index in [2.05, 4.69) is 18.9 Å². The minimum atomic E-state index is -0.137. The number of nitrogens with two attached hydrogens (primary N) is 1. The predicted octanol–water partition coefficient (Wildman–Crippen LogP) is 2.04. The first-order valence-electron chi connectivity index (χ1n) is 5.56. The number of nitrogens with zero attached hydrogens (tertiary/aromatic N) is 2. The van der Waals surface area contributed by atoms with Crippen LogP contribution in [-0.2, 0) is 10.3 Å². The van der Waals surface area contributed by atoms with E-state index in [9.17, 15) is 0 Å². The second-order valence-electron chi connectivity index (χ2n) is 4.70. The van der Waals surface area contributed by atoms with E-state index in [0.717, 1.165) is 11.3 Å². The molecule has 1 heterocycles. The molecule has 0 saturated carbocycles. The lowest BCUT2D eigenvalue weighted by molar-refractivity contribution is 0.0964. The zero-order valence-corrected chi connectivity index (χ0v) is 10.1. The van der Waals surface area contributed by atoms with Gasteiger partial charge in [-0.2, -0.15) is 5.10 Å². The van der Waals surface area contributed by atoms with E-state index in [1.54, 1.807) is 0 Å². The van der Waals surface area contributed by atoms with E-state index >= 15 is 0 Å². The van der Waals surface area contributed by atoms with Crippen LogP contribution in [0.3, 0.4) is 0 Å². The van der Waals surface area contributed by atoms with Crippen LogP contribution >= 0.6 is 0 Å². The lowest BCUT2D eigenvalue weighted by Crippen LogP contribution is -2.25. The molecule has 0 aliphatic rings.